The second-order valence-corrected chi connectivity index (χ2v) is 9.30. The smallest absolute Gasteiger partial charge is 0.267 e. The molecule has 7 heteroatoms. The molecule has 0 spiro atoms. The van der Waals surface area contributed by atoms with Crippen molar-refractivity contribution in [1.82, 2.24) is 15.4 Å². The number of hydrogen-bond donors (Lipinski definition) is 4. The Hall–Kier alpha value is -4.20. The van der Waals surface area contributed by atoms with Crippen LogP contribution in [0.2, 0.25) is 0 Å². The van der Waals surface area contributed by atoms with Crippen molar-refractivity contribution in [3.8, 4) is 0 Å². The summed E-state index contributed by atoms with van der Waals surface area (Å²) in [6.45, 7) is -0.166. The van der Waals surface area contributed by atoms with Crippen LogP contribution in [0.3, 0.4) is 0 Å². The standard InChI is InChI=1S/C30H29N3O4/c34-19-24(17-23-18-31-27-9-5-4-8-25(23)27)33(30(36)21-6-2-1-3-7-21)28-14-12-22-16-20(10-13-26(22)28)11-15-29(35)32-37/h1-11,13,15-16,18,24,28,31,34,37H,12,14,17,19H2,(H,32,35)/b15-11+/t24-,28+/m0/s1. The number of carbonyl (C=O) groups is 2. The fourth-order valence-corrected chi connectivity index (χ4v) is 5.31. The van der Waals surface area contributed by atoms with Crippen LogP contribution in [0, 0.1) is 0 Å². The lowest BCUT2D eigenvalue weighted by atomic mass is 9.98. The second-order valence-electron chi connectivity index (χ2n) is 9.30. The lowest BCUT2D eigenvalue weighted by molar-refractivity contribution is -0.124. The van der Waals surface area contributed by atoms with Crippen LogP contribution < -0.4 is 5.48 Å². The van der Waals surface area contributed by atoms with E-state index in [2.05, 4.69) is 11.1 Å². The quantitative estimate of drug-likeness (QED) is 0.165. The summed E-state index contributed by atoms with van der Waals surface area (Å²) in [6, 6.07) is 22.5. The van der Waals surface area contributed by atoms with Gasteiger partial charge in [0.05, 0.1) is 18.7 Å². The molecule has 1 aliphatic carbocycles. The van der Waals surface area contributed by atoms with E-state index < -0.39 is 11.9 Å². The first-order valence-electron chi connectivity index (χ1n) is 12.4. The van der Waals surface area contributed by atoms with Gasteiger partial charge in [-0.05, 0) is 65.8 Å². The highest BCUT2D eigenvalue weighted by Gasteiger charge is 2.36. The van der Waals surface area contributed by atoms with E-state index >= 15 is 0 Å². The Morgan fingerprint density at radius 1 is 1.08 bits per heavy atom. The number of para-hydroxylation sites is 1. The molecule has 2 amide bonds. The van der Waals surface area contributed by atoms with E-state index in [0.717, 1.165) is 46.0 Å². The van der Waals surface area contributed by atoms with Gasteiger partial charge in [-0.1, -0.05) is 54.6 Å². The maximum atomic E-state index is 13.9. The van der Waals surface area contributed by atoms with Gasteiger partial charge in [-0.25, -0.2) is 5.48 Å². The Balaban J connectivity index is 1.50. The number of rotatable bonds is 8. The molecule has 1 aromatic heterocycles. The van der Waals surface area contributed by atoms with Gasteiger partial charge in [-0.3, -0.25) is 14.8 Å². The first-order valence-corrected chi connectivity index (χ1v) is 12.4. The number of aryl methyl sites for hydroxylation is 1. The molecule has 5 rings (SSSR count). The minimum atomic E-state index is -0.596. The number of amides is 2. The summed E-state index contributed by atoms with van der Waals surface area (Å²) in [4.78, 5) is 30.5. The summed E-state index contributed by atoms with van der Waals surface area (Å²) in [5, 5.41) is 20.4. The number of carbonyl (C=O) groups excluding carboxylic acids is 2. The minimum Gasteiger partial charge on any atom is -0.394 e. The van der Waals surface area contributed by atoms with Gasteiger partial charge in [0.15, 0.2) is 0 Å². The largest absolute Gasteiger partial charge is 0.394 e. The van der Waals surface area contributed by atoms with Crippen LogP contribution in [0.5, 0.6) is 0 Å². The number of hydroxylamine groups is 1. The molecule has 37 heavy (non-hydrogen) atoms. The third-order valence-corrected chi connectivity index (χ3v) is 7.08. The van der Waals surface area contributed by atoms with Crippen LogP contribution in [0.4, 0.5) is 0 Å². The molecule has 0 fully saturated rings. The molecule has 0 unspecified atom stereocenters. The van der Waals surface area contributed by atoms with Crippen LogP contribution in [-0.4, -0.2) is 44.7 Å². The zero-order valence-electron chi connectivity index (χ0n) is 20.3. The highest BCUT2D eigenvalue weighted by Crippen LogP contribution is 2.39. The average Bonchev–Trinajstić information content (AvgIpc) is 3.55. The highest BCUT2D eigenvalue weighted by molar-refractivity contribution is 5.95. The maximum absolute atomic E-state index is 13.9. The van der Waals surface area contributed by atoms with E-state index in [1.54, 1.807) is 11.6 Å². The van der Waals surface area contributed by atoms with Gasteiger partial charge in [0, 0.05) is 28.7 Å². The van der Waals surface area contributed by atoms with Gasteiger partial charge >= 0.3 is 0 Å². The van der Waals surface area contributed by atoms with E-state index in [-0.39, 0.29) is 18.6 Å². The summed E-state index contributed by atoms with van der Waals surface area (Å²) in [6.07, 6.45) is 6.90. The Morgan fingerprint density at radius 2 is 1.86 bits per heavy atom. The van der Waals surface area contributed by atoms with Crippen molar-refractivity contribution < 1.29 is 19.9 Å². The molecule has 0 saturated carbocycles. The molecule has 188 valence electrons. The molecule has 0 radical (unpaired) electrons. The topological polar surface area (TPSA) is 106 Å². The van der Waals surface area contributed by atoms with E-state index in [1.807, 2.05) is 77.8 Å². The van der Waals surface area contributed by atoms with E-state index in [0.29, 0.717) is 12.0 Å². The molecule has 4 N–H and O–H groups in total. The summed E-state index contributed by atoms with van der Waals surface area (Å²) < 4.78 is 0. The zero-order chi connectivity index (χ0) is 25.8. The van der Waals surface area contributed by atoms with Crippen molar-refractivity contribution in [2.75, 3.05) is 6.61 Å². The number of aliphatic hydroxyl groups excluding tert-OH is 1. The minimum absolute atomic E-state index is 0.110. The van der Waals surface area contributed by atoms with Crippen molar-refractivity contribution >= 4 is 28.8 Å². The number of H-pyrrole nitrogens is 1. The number of nitrogens with zero attached hydrogens (tertiary/aromatic N) is 1. The monoisotopic (exact) mass is 495 g/mol. The fourth-order valence-electron chi connectivity index (χ4n) is 5.31. The number of fused-ring (bicyclic) bond motifs is 2. The lowest BCUT2D eigenvalue weighted by Crippen LogP contribution is -2.45. The van der Waals surface area contributed by atoms with Crippen molar-refractivity contribution in [2.24, 2.45) is 0 Å². The molecule has 7 nitrogen and oxygen atoms in total. The van der Waals surface area contributed by atoms with Crippen LogP contribution in [-0.2, 0) is 17.6 Å². The van der Waals surface area contributed by atoms with Crippen molar-refractivity contribution in [3.63, 3.8) is 0 Å². The first kappa shape index (κ1) is 24.5. The number of hydrogen-bond acceptors (Lipinski definition) is 4. The lowest BCUT2D eigenvalue weighted by Gasteiger charge is -2.36. The van der Waals surface area contributed by atoms with Gasteiger partial charge < -0.3 is 15.0 Å². The SMILES string of the molecule is O=C(/C=C/c1ccc2c(c1)CC[C@H]2N(C(=O)c1ccccc1)[C@H](CO)Cc1c[nH]c2ccccc12)NO. The van der Waals surface area contributed by atoms with Gasteiger partial charge in [0.2, 0.25) is 0 Å². The fraction of sp³-hybridized carbons (Fsp3) is 0.200. The number of aromatic amines is 1. The summed E-state index contributed by atoms with van der Waals surface area (Å²) >= 11 is 0. The number of benzene rings is 3. The van der Waals surface area contributed by atoms with Crippen LogP contribution in [0.1, 0.15) is 45.1 Å². The second kappa shape index (κ2) is 10.8. The van der Waals surface area contributed by atoms with Crippen LogP contribution in [0.15, 0.2) is 85.1 Å². The molecule has 0 saturated heterocycles. The Bertz CT molecular complexity index is 1440. The first-order chi connectivity index (χ1) is 18.1. The number of aliphatic hydroxyl groups is 1. The summed E-state index contributed by atoms with van der Waals surface area (Å²) in [7, 11) is 0. The normalized spacial score (nSPS) is 15.6. The molecular weight excluding hydrogens is 466 g/mol. The molecule has 1 aliphatic rings. The highest BCUT2D eigenvalue weighted by atomic mass is 16.5. The van der Waals surface area contributed by atoms with Crippen LogP contribution >= 0.6 is 0 Å². The number of aromatic nitrogens is 1. The third kappa shape index (κ3) is 5.05. The molecule has 1 heterocycles. The van der Waals surface area contributed by atoms with Gasteiger partial charge in [0.1, 0.15) is 0 Å². The molecule has 2 atom stereocenters. The predicted molar refractivity (Wildman–Crippen MR) is 142 cm³/mol. The van der Waals surface area contributed by atoms with E-state index in [1.165, 1.54) is 6.08 Å². The average molecular weight is 496 g/mol. The van der Waals surface area contributed by atoms with Crippen molar-refractivity contribution in [1.29, 1.82) is 0 Å². The molecule has 4 aromatic rings. The molecule has 0 bridgehead atoms. The van der Waals surface area contributed by atoms with E-state index in [4.69, 9.17) is 5.21 Å². The Morgan fingerprint density at radius 3 is 2.65 bits per heavy atom. The molecular formula is C30H29N3O4. The Kier molecular flexibility index (Phi) is 7.16. The van der Waals surface area contributed by atoms with Gasteiger partial charge in [0.25, 0.3) is 11.8 Å². The summed E-state index contributed by atoms with van der Waals surface area (Å²) in [5.41, 5.74) is 7.24. The van der Waals surface area contributed by atoms with E-state index in [9.17, 15) is 14.7 Å². The van der Waals surface area contributed by atoms with Gasteiger partial charge in [-0.2, -0.15) is 0 Å². The number of nitrogens with one attached hydrogen (secondary N) is 2. The summed E-state index contributed by atoms with van der Waals surface area (Å²) in [5.74, 6) is -0.706. The van der Waals surface area contributed by atoms with Gasteiger partial charge in [-0.15, -0.1) is 0 Å². The Labute approximate surface area is 215 Å². The third-order valence-electron chi connectivity index (χ3n) is 7.08. The van der Waals surface area contributed by atoms with Crippen LogP contribution in [0.25, 0.3) is 17.0 Å². The molecule has 3 aromatic carbocycles. The zero-order valence-corrected chi connectivity index (χ0v) is 20.3. The van der Waals surface area contributed by atoms with Crippen molar-refractivity contribution in [3.05, 3.63) is 113 Å². The predicted octanol–water partition coefficient (Wildman–Crippen LogP) is 4.42. The maximum Gasteiger partial charge on any atom is 0.267 e. The van der Waals surface area contributed by atoms with Crippen molar-refractivity contribution in [2.45, 2.75) is 31.3 Å². The molecule has 0 aliphatic heterocycles.